The minimum atomic E-state index is -0.366. The summed E-state index contributed by atoms with van der Waals surface area (Å²) >= 11 is 5.72. The van der Waals surface area contributed by atoms with Crippen LogP contribution in [0.25, 0.3) is 0 Å². The predicted octanol–water partition coefficient (Wildman–Crippen LogP) is 2.04. The minimum Gasteiger partial charge on any atom is -0.383 e. The lowest BCUT2D eigenvalue weighted by molar-refractivity contribution is 0.206. The standard InChI is InChI=1S/C10H14ClFN2O/c1-14(3-4-15-2)10-8(6-11)5-9(12)7-13-10/h5,7H,3-4,6H2,1-2H3. The highest BCUT2D eigenvalue weighted by Gasteiger charge is 2.09. The Morgan fingerprint density at radius 1 is 1.60 bits per heavy atom. The maximum Gasteiger partial charge on any atom is 0.141 e. The lowest BCUT2D eigenvalue weighted by Crippen LogP contribution is -2.24. The third-order valence-electron chi connectivity index (χ3n) is 2.05. The van der Waals surface area contributed by atoms with Gasteiger partial charge in [-0.1, -0.05) is 0 Å². The van der Waals surface area contributed by atoms with E-state index in [9.17, 15) is 4.39 Å². The van der Waals surface area contributed by atoms with Crippen LogP contribution >= 0.6 is 11.6 Å². The summed E-state index contributed by atoms with van der Waals surface area (Å²) in [6.45, 7) is 1.29. The Labute approximate surface area is 93.8 Å². The molecule has 84 valence electrons. The van der Waals surface area contributed by atoms with Crippen molar-refractivity contribution in [1.29, 1.82) is 0 Å². The summed E-state index contributed by atoms with van der Waals surface area (Å²) in [6.07, 6.45) is 1.19. The molecule has 0 aromatic carbocycles. The Morgan fingerprint density at radius 3 is 2.93 bits per heavy atom. The lowest BCUT2D eigenvalue weighted by Gasteiger charge is -2.19. The largest absolute Gasteiger partial charge is 0.383 e. The van der Waals surface area contributed by atoms with Gasteiger partial charge in [0, 0.05) is 26.3 Å². The molecule has 0 bridgehead atoms. The van der Waals surface area contributed by atoms with Crippen LogP contribution in [0.1, 0.15) is 5.56 Å². The van der Waals surface area contributed by atoms with E-state index < -0.39 is 0 Å². The molecule has 0 amide bonds. The normalized spacial score (nSPS) is 10.4. The van der Waals surface area contributed by atoms with Gasteiger partial charge in [0.2, 0.25) is 0 Å². The van der Waals surface area contributed by atoms with Crippen LogP contribution in [0.5, 0.6) is 0 Å². The number of hydrogen-bond donors (Lipinski definition) is 0. The number of nitrogens with zero attached hydrogens (tertiary/aromatic N) is 2. The number of aromatic nitrogens is 1. The van der Waals surface area contributed by atoms with E-state index in [2.05, 4.69) is 4.98 Å². The third kappa shape index (κ3) is 3.32. The molecular formula is C10H14ClFN2O. The van der Waals surface area contributed by atoms with Crippen LogP contribution in [-0.4, -0.2) is 32.3 Å². The van der Waals surface area contributed by atoms with Crippen molar-refractivity contribution in [2.45, 2.75) is 5.88 Å². The Hall–Kier alpha value is -0.870. The highest BCUT2D eigenvalue weighted by Crippen LogP contribution is 2.18. The summed E-state index contributed by atoms with van der Waals surface area (Å²) in [5.74, 6) is 0.579. The number of rotatable bonds is 5. The van der Waals surface area contributed by atoms with E-state index in [1.807, 2.05) is 11.9 Å². The van der Waals surface area contributed by atoms with E-state index in [0.29, 0.717) is 24.5 Å². The number of likely N-dealkylation sites (N-methyl/N-ethyl adjacent to an activating group) is 1. The first-order valence-electron chi connectivity index (χ1n) is 4.59. The van der Waals surface area contributed by atoms with E-state index in [1.165, 1.54) is 12.3 Å². The van der Waals surface area contributed by atoms with E-state index >= 15 is 0 Å². The quantitative estimate of drug-likeness (QED) is 0.727. The second-order valence-electron chi connectivity index (χ2n) is 3.18. The van der Waals surface area contributed by atoms with E-state index in [0.717, 1.165) is 0 Å². The summed E-state index contributed by atoms with van der Waals surface area (Å²) in [4.78, 5) is 5.90. The first-order valence-corrected chi connectivity index (χ1v) is 5.13. The van der Waals surface area contributed by atoms with Crippen LogP contribution in [-0.2, 0) is 10.6 Å². The molecule has 1 aromatic rings. The lowest BCUT2D eigenvalue weighted by atomic mass is 10.2. The van der Waals surface area contributed by atoms with Crippen LogP contribution in [0.3, 0.4) is 0 Å². The van der Waals surface area contributed by atoms with Crippen molar-refractivity contribution < 1.29 is 9.13 Å². The van der Waals surface area contributed by atoms with Crippen LogP contribution in [0, 0.1) is 5.82 Å². The van der Waals surface area contributed by atoms with Crippen molar-refractivity contribution in [3.63, 3.8) is 0 Å². The molecule has 5 heteroatoms. The summed E-state index contributed by atoms with van der Waals surface area (Å²) < 4.78 is 17.8. The van der Waals surface area contributed by atoms with Crippen molar-refractivity contribution in [3.8, 4) is 0 Å². The SMILES string of the molecule is COCCN(C)c1ncc(F)cc1CCl. The summed E-state index contributed by atoms with van der Waals surface area (Å²) in [7, 11) is 3.50. The fourth-order valence-corrected chi connectivity index (χ4v) is 1.45. The molecule has 0 spiro atoms. The Kier molecular flexibility index (Phi) is 4.78. The van der Waals surface area contributed by atoms with Gasteiger partial charge in [-0.25, -0.2) is 9.37 Å². The fraction of sp³-hybridized carbons (Fsp3) is 0.500. The molecule has 1 rings (SSSR count). The Morgan fingerprint density at radius 2 is 2.33 bits per heavy atom. The van der Waals surface area contributed by atoms with E-state index in [4.69, 9.17) is 16.3 Å². The summed E-state index contributed by atoms with van der Waals surface area (Å²) in [6, 6.07) is 1.40. The zero-order valence-corrected chi connectivity index (χ0v) is 9.59. The van der Waals surface area contributed by atoms with Gasteiger partial charge in [-0.3, -0.25) is 0 Å². The number of halogens is 2. The van der Waals surface area contributed by atoms with E-state index in [-0.39, 0.29) is 11.7 Å². The number of anilines is 1. The summed E-state index contributed by atoms with van der Waals surface area (Å²) in [5, 5.41) is 0. The van der Waals surface area contributed by atoms with Gasteiger partial charge >= 0.3 is 0 Å². The first-order chi connectivity index (χ1) is 7.19. The van der Waals surface area contributed by atoms with E-state index in [1.54, 1.807) is 7.11 Å². The molecule has 0 atom stereocenters. The molecule has 0 aliphatic carbocycles. The van der Waals surface area contributed by atoms with Gasteiger partial charge in [-0.2, -0.15) is 0 Å². The molecule has 0 fully saturated rings. The smallest absolute Gasteiger partial charge is 0.141 e. The molecule has 0 radical (unpaired) electrons. The first kappa shape index (κ1) is 12.2. The second-order valence-corrected chi connectivity index (χ2v) is 3.45. The molecule has 15 heavy (non-hydrogen) atoms. The zero-order valence-electron chi connectivity index (χ0n) is 8.83. The molecule has 1 aromatic heterocycles. The number of ether oxygens (including phenoxy) is 1. The predicted molar refractivity (Wildman–Crippen MR) is 58.9 cm³/mol. The molecular weight excluding hydrogens is 219 g/mol. The van der Waals surface area contributed by atoms with Gasteiger partial charge < -0.3 is 9.64 Å². The van der Waals surface area contributed by atoms with Crippen LogP contribution in [0.2, 0.25) is 0 Å². The summed E-state index contributed by atoms with van der Waals surface area (Å²) in [5.41, 5.74) is 0.690. The highest BCUT2D eigenvalue weighted by atomic mass is 35.5. The topological polar surface area (TPSA) is 25.4 Å². The maximum absolute atomic E-state index is 12.9. The van der Waals surface area contributed by atoms with Gasteiger partial charge in [0.1, 0.15) is 11.6 Å². The van der Waals surface area contributed by atoms with Crippen molar-refractivity contribution in [2.75, 3.05) is 32.2 Å². The van der Waals surface area contributed by atoms with Crippen molar-refractivity contribution in [1.82, 2.24) is 4.98 Å². The number of hydrogen-bond acceptors (Lipinski definition) is 3. The molecule has 0 saturated carbocycles. The molecule has 0 aliphatic heterocycles. The number of alkyl halides is 1. The molecule has 0 N–H and O–H groups in total. The monoisotopic (exact) mass is 232 g/mol. The number of pyridine rings is 1. The van der Waals surface area contributed by atoms with Gasteiger partial charge in [0.05, 0.1) is 18.7 Å². The Bertz CT molecular complexity index is 322. The molecule has 0 aliphatic rings. The van der Waals surface area contributed by atoms with Gasteiger partial charge in [0.15, 0.2) is 0 Å². The van der Waals surface area contributed by atoms with Crippen LogP contribution < -0.4 is 4.90 Å². The highest BCUT2D eigenvalue weighted by molar-refractivity contribution is 6.17. The van der Waals surface area contributed by atoms with Crippen LogP contribution in [0.4, 0.5) is 10.2 Å². The van der Waals surface area contributed by atoms with Gasteiger partial charge in [-0.15, -0.1) is 11.6 Å². The molecule has 1 heterocycles. The third-order valence-corrected chi connectivity index (χ3v) is 2.33. The second kappa shape index (κ2) is 5.88. The van der Waals surface area contributed by atoms with Crippen molar-refractivity contribution in [2.24, 2.45) is 0 Å². The van der Waals surface area contributed by atoms with Crippen molar-refractivity contribution >= 4 is 17.4 Å². The average molecular weight is 233 g/mol. The fourth-order valence-electron chi connectivity index (χ4n) is 1.25. The molecule has 0 unspecified atom stereocenters. The average Bonchev–Trinajstić information content (AvgIpc) is 2.25. The maximum atomic E-state index is 12.9. The Balaban J connectivity index is 2.82. The minimum absolute atomic E-state index is 0.247. The van der Waals surface area contributed by atoms with Crippen molar-refractivity contribution in [3.05, 3.63) is 23.6 Å². The zero-order chi connectivity index (χ0) is 11.3. The molecule has 3 nitrogen and oxygen atoms in total. The van der Waals surface area contributed by atoms with Gasteiger partial charge in [-0.05, 0) is 6.07 Å². The van der Waals surface area contributed by atoms with Gasteiger partial charge in [0.25, 0.3) is 0 Å². The molecule has 0 saturated heterocycles. The number of methoxy groups -OCH3 is 1. The van der Waals surface area contributed by atoms with Crippen LogP contribution in [0.15, 0.2) is 12.3 Å².